The zero-order valence-corrected chi connectivity index (χ0v) is 45.8. The number of fused-ring (bicyclic) bond motifs is 2. The number of amides is 5. The van der Waals surface area contributed by atoms with Gasteiger partial charge in [-0.15, -0.1) is 22.7 Å². The quantitative estimate of drug-likeness (QED) is 0.0743. The lowest BCUT2D eigenvalue weighted by atomic mass is 10.0. The SMILES string of the molecule is CSC[C@@H](C(=O)N1C[C@H](Oc2cc(F)c3c(c2)C(=O)N([C@H](C(=O)N2C[C@H](O)C[C@H]2C(=O)NCc2ccc(-c4scnc4C)cc2)C(C)C)C3)C[C@H]1C(=O)NCc1ccc(-c2scnc2C)cc1)N1Cc2ccccc2C1O. The number of thioether (sulfide) groups is 1. The third-order valence-corrected chi connectivity index (χ3v) is 17.7. The number of ether oxygens (including phenoxy) is 1. The fourth-order valence-electron chi connectivity index (χ4n) is 11.1. The average Bonchev–Trinajstić information content (AvgIpc) is 4.33. The molecule has 6 heterocycles. The molecule has 7 atom stereocenters. The summed E-state index contributed by atoms with van der Waals surface area (Å²) in [6.07, 6.45) is -0.879. The lowest BCUT2D eigenvalue weighted by molar-refractivity contribution is -0.145. The molecule has 0 bridgehead atoms. The highest BCUT2D eigenvalue weighted by atomic mass is 32.2. The molecule has 77 heavy (non-hydrogen) atoms. The number of rotatable bonds is 17. The molecule has 4 aliphatic rings. The molecule has 4 aromatic carbocycles. The molecule has 0 radical (unpaired) electrons. The highest BCUT2D eigenvalue weighted by Crippen LogP contribution is 2.38. The predicted molar refractivity (Wildman–Crippen MR) is 293 cm³/mol. The van der Waals surface area contributed by atoms with Crippen LogP contribution in [0, 0.1) is 25.6 Å². The van der Waals surface area contributed by atoms with E-state index in [4.69, 9.17) is 4.74 Å². The lowest BCUT2D eigenvalue weighted by Crippen LogP contribution is -2.55. The van der Waals surface area contributed by atoms with Gasteiger partial charge >= 0.3 is 0 Å². The van der Waals surface area contributed by atoms with Crippen molar-refractivity contribution in [3.8, 4) is 26.6 Å². The molecule has 402 valence electrons. The molecular weight excluding hydrogens is 1040 g/mol. The van der Waals surface area contributed by atoms with E-state index < -0.39 is 78.0 Å². The molecule has 0 spiro atoms. The summed E-state index contributed by atoms with van der Waals surface area (Å²) >= 11 is 4.55. The first-order valence-electron chi connectivity index (χ1n) is 25.7. The van der Waals surface area contributed by atoms with Crippen LogP contribution in [0.2, 0.25) is 0 Å². The van der Waals surface area contributed by atoms with Gasteiger partial charge in [0, 0.05) is 56.4 Å². The van der Waals surface area contributed by atoms with E-state index in [-0.39, 0.29) is 68.3 Å². The first-order valence-corrected chi connectivity index (χ1v) is 28.9. The zero-order chi connectivity index (χ0) is 54.2. The molecule has 1 unspecified atom stereocenters. The summed E-state index contributed by atoms with van der Waals surface area (Å²) in [6, 6.07) is 21.8. The molecule has 2 aromatic heterocycles. The Hall–Kier alpha value is -6.55. The molecule has 0 saturated carbocycles. The van der Waals surface area contributed by atoms with Crippen molar-refractivity contribution in [3.63, 3.8) is 0 Å². The maximum absolute atomic E-state index is 16.4. The molecule has 2 fully saturated rings. The number of aromatic nitrogens is 2. The smallest absolute Gasteiger partial charge is 0.255 e. The summed E-state index contributed by atoms with van der Waals surface area (Å²) in [6.45, 7) is 7.78. The number of nitrogens with zero attached hydrogens (tertiary/aromatic N) is 6. The number of hydrogen-bond acceptors (Lipinski definition) is 14. The van der Waals surface area contributed by atoms with Gasteiger partial charge in [-0.25, -0.2) is 14.4 Å². The Kier molecular flexibility index (Phi) is 15.9. The molecular formula is C57H61FN8O8S3. The number of aliphatic hydroxyl groups excluding tert-OH is 2. The second kappa shape index (κ2) is 22.8. The van der Waals surface area contributed by atoms with E-state index in [1.54, 1.807) is 52.4 Å². The summed E-state index contributed by atoms with van der Waals surface area (Å²) in [5.41, 5.74) is 10.9. The second-order valence-corrected chi connectivity index (χ2v) is 23.1. The van der Waals surface area contributed by atoms with Crippen molar-refractivity contribution in [1.29, 1.82) is 0 Å². The monoisotopic (exact) mass is 1100 g/mol. The topological polar surface area (TPSA) is 198 Å². The standard InChI is InChI=1S/C57H61FN8O8S3/c1-31(2)49(57(73)64-25-39(67)18-46(64)52(68)59-22-34-10-14-36(15-11-34)50-32(3)61-29-76-50)66-27-44-43(55(66)71)19-40(20-45(44)58)74-41-21-47(53(69)60-23-35-12-16-37(17-13-35)51-33(4)62-30-77-51)65(26-41)56(72)48(28-75-5)63-24-38-8-6-7-9-42(38)54(63)70/h6-17,19-20,29-31,39,41,46-49,54,67,70H,18,21-28H2,1-5H3,(H,59,68)(H,60,69)/t39-,41-,46+,47+,48+,49+,54?/m1/s1. The summed E-state index contributed by atoms with van der Waals surface area (Å²) in [5.74, 6) is -3.21. The molecule has 6 aromatic rings. The molecule has 2 saturated heterocycles. The predicted octanol–water partition coefficient (Wildman–Crippen LogP) is 6.85. The minimum absolute atomic E-state index is 0.00471. The fourth-order valence-corrected chi connectivity index (χ4v) is 13.4. The third kappa shape index (κ3) is 11.0. The van der Waals surface area contributed by atoms with Crippen LogP contribution in [0.4, 0.5) is 4.39 Å². The number of carbonyl (C=O) groups is 5. The Bertz CT molecular complexity index is 3190. The summed E-state index contributed by atoms with van der Waals surface area (Å²) in [5, 5.41) is 28.3. The highest BCUT2D eigenvalue weighted by Gasteiger charge is 2.48. The Morgan fingerprint density at radius 2 is 1.38 bits per heavy atom. The van der Waals surface area contributed by atoms with Gasteiger partial charge < -0.3 is 40.3 Å². The van der Waals surface area contributed by atoms with Crippen molar-refractivity contribution >= 4 is 64.0 Å². The molecule has 16 nitrogen and oxygen atoms in total. The number of likely N-dealkylation sites (tertiary alicyclic amines) is 2. The number of aryl methyl sites for hydroxylation is 2. The van der Waals surface area contributed by atoms with Crippen molar-refractivity contribution in [2.75, 3.05) is 25.1 Å². The lowest BCUT2D eigenvalue weighted by Gasteiger charge is -2.35. The van der Waals surface area contributed by atoms with Crippen LogP contribution >= 0.6 is 34.4 Å². The van der Waals surface area contributed by atoms with Crippen LogP contribution in [-0.4, -0.2) is 131 Å². The highest BCUT2D eigenvalue weighted by molar-refractivity contribution is 7.98. The van der Waals surface area contributed by atoms with Crippen LogP contribution in [0.3, 0.4) is 0 Å². The van der Waals surface area contributed by atoms with E-state index in [0.29, 0.717) is 17.9 Å². The van der Waals surface area contributed by atoms with Crippen molar-refractivity contribution < 1.29 is 43.3 Å². The van der Waals surface area contributed by atoms with Crippen molar-refractivity contribution in [1.82, 2.24) is 40.2 Å². The Morgan fingerprint density at radius 3 is 1.94 bits per heavy atom. The van der Waals surface area contributed by atoms with Crippen molar-refractivity contribution in [2.24, 2.45) is 5.92 Å². The van der Waals surface area contributed by atoms with Crippen LogP contribution in [0.1, 0.15) is 82.5 Å². The molecule has 4 N–H and O–H groups in total. The van der Waals surface area contributed by atoms with Crippen LogP contribution in [0.15, 0.2) is 96.0 Å². The maximum Gasteiger partial charge on any atom is 0.255 e. The minimum atomic E-state index is -1.10. The molecule has 0 aliphatic carbocycles. The minimum Gasteiger partial charge on any atom is -0.488 e. The van der Waals surface area contributed by atoms with Crippen LogP contribution in [-0.2, 0) is 45.4 Å². The summed E-state index contributed by atoms with van der Waals surface area (Å²) < 4.78 is 22.8. The summed E-state index contributed by atoms with van der Waals surface area (Å²) in [7, 11) is 0. The maximum atomic E-state index is 16.4. The number of aliphatic hydroxyl groups is 2. The van der Waals surface area contributed by atoms with Crippen LogP contribution in [0.25, 0.3) is 20.9 Å². The third-order valence-electron chi connectivity index (χ3n) is 15.1. The first kappa shape index (κ1) is 53.8. The van der Waals surface area contributed by atoms with E-state index in [2.05, 4.69) is 20.6 Å². The van der Waals surface area contributed by atoms with E-state index >= 15 is 4.39 Å². The van der Waals surface area contributed by atoms with Gasteiger partial charge in [0.1, 0.15) is 48.1 Å². The van der Waals surface area contributed by atoms with E-state index in [1.165, 1.54) is 38.6 Å². The van der Waals surface area contributed by atoms with Gasteiger partial charge in [0.05, 0.1) is 56.9 Å². The Labute approximate surface area is 458 Å². The number of carbonyl (C=O) groups excluding carboxylic acids is 5. The van der Waals surface area contributed by atoms with Crippen LogP contribution in [0.5, 0.6) is 5.75 Å². The molecule has 5 amide bonds. The van der Waals surface area contributed by atoms with Gasteiger partial charge in [-0.3, -0.25) is 28.9 Å². The van der Waals surface area contributed by atoms with Gasteiger partial charge in [0.2, 0.25) is 23.6 Å². The van der Waals surface area contributed by atoms with Gasteiger partial charge in [-0.05, 0) is 65.5 Å². The molecule has 20 heteroatoms. The van der Waals surface area contributed by atoms with Gasteiger partial charge in [0.25, 0.3) is 5.91 Å². The Balaban J connectivity index is 0.839. The van der Waals surface area contributed by atoms with Gasteiger partial charge in [-0.2, -0.15) is 11.8 Å². The fraction of sp³-hybridized carbons (Fsp3) is 0.386. The summed E-state index contributed by atoms with van der Waals surface area (Å²) in [4.78, 5) is 88.8. The van der Waals surface area contributed by atoms with E-state index in [9.17, 15) is 34.2 Å². The van der Waals surface area contributed by atoms with E-state index in [0.717, 1.165) is 49.0 Å². The number of nitrogens with one attached hydrogen (secondary N) is 2. The van der Waals surface area contributed by atoms with Gasteiger partial charge in [0.15, 0.2) is 0 Å². The zero-order valence-electron chi connectivity index (χ0n) is 43.4. The number of hydrogen-bond donors (Lipinski definition) is 4. The van der Waals surface area contributed by atoms with Crippen LogP contribution < -0.4 is 15.4 Å². The second-order valence-electron chi connectivity index (χ2n) is 20.5. The van der Waals surface area contributed by atoms with Crippen molar-refractivity contribution in [2.45, 2.75) is 109 Å². The van der Waals surface area contributed by atoms with E-state index in [1.807, 2.05) is 92.9 Å². The van der Waals surface area contributed by atoms with Crippen molar-refractivity contribution in [3.05, 3.63) is 147 Å². The normalized spacial score (nSPS) is 20.9. The molecule has 10 rings (SSSR count). The number of β-amino-alcohol motifs (C(OH)–C–C–N with tert-alkyl or cyclic N) is 1. The molecule has 4 aliphatic heterocycles. The largest absolute Gasteiger partial charge is 0.488 e. The average molecular weight is 1100 g/mol. The first-order chi connectivity index (χ1) is 37.1. The number of halogens is 1. The number of benzene rings is 4. The Morgan fingerprint density at radius 1 is 0.792 bits per heavy atom. The van der Waals surface area contributed by atoms with Gasteiger partial charge in [-0.1, -0.05) is 86.6 Å². The number of thiazole rings is 2.